The van der Waals surface area contributed by atoms with Gasteiger partial charge in [-0.15, -0.1) is 0 Å². The summed E-state index contributed by atoms with van der Waals surface area (Å²) in [5, 5.41) is 3.20. The second-order valence-corrected chi connectivity index (χ2v) is 7.16. The Kier molecular flexibility index (Phi) is 8.62. The predicted octanol–water partition coefficient (Wildman–Crippen LogP) is 3.90. The van der Waals surface area contributed by atoms with Gasteiger partial charge in [-0.1, -0.05) is 37.1 Å². The lowest BCUT2D eigenvalue weighted by Crippen LogP contribution is -2.29. The summed E-state index contributed by atoms with van der Waals surface area (Å²) in [6, 6.07) is 0. The summed E-state index contributed by atoms with van der Waals surface area (Å²) in [5.74, 6) is 1.14. The fraction of sp³-hybridized carbons (Fsp3) is 0.455. The van der Waals surface area contributed by atoms with E-state index >= 15 is 0 Å². The monoisotopic (exact) mass is 367 g/mol. The third kappa shape index (κ3) is 7.69. The molecule has 0 bridgehead atoms. The van der Waals surface area contributed by atoms with Gasteiger partial charge in [0.05, 0.1) is 11.9 Å². The first-order valence-corrected chi connectivity index (χ1v) is 9.75. The van der Waals surface area contributed by atoms with Crippen LogP contribution in [0.2, 0.25) is 0 Å². The van der Waals surface area contributed by atoms with Crippen LogP contribution in [0.4, 0.5) is 0 Å². The molecule has 0 amide bonds. The molecule has 2 aliphatic carbocycles. The van der Waals surface area contributed by atoms with Crippen molar-refractivity contribution in [3.05, 3.63) is 59.9 Å². The molecule has 3 N–H and O–H groups in total. The number of aliphatic imine (C=N–C) groups is 2. The lowest BCUT2D eigenvalue weighted by Gasteiger charge is -2.18. The van der Waals surface area contributed by atoms with Crippen LogP contribution in [-0.2, 0) is 0 Å². The van der Waals surface area contributed by atoms with Crippen molar-refractivity contribution in [2.24, 2.45) is 21.6 Å². The van der Waals surface area contributed by atoms with Crippen molar-refractivity contribution < 1.29 is 0 Å². The minimum absolute atomic E-state index is 0.569. The van der Waals surface area contributed by atoms with E-state index in [9.17, 15) is 0 Å². The van der Waals surface area contributed by atoms with E-state index in [1.165, 1.54) is 31.3 Å². The van der Waals surface area contributed by atoms with Gasteiger partial charge in [-0.25, -0.2) is 0 Å². The first-order valence-electron chi connectivity index (χ1n) is 9.75. The molecule has 0 unspecified atom stereocenters. The maximum Gasteiger partial charge on any atom is 0.115 e. The highest BCUT2D eigenvalue weighted by Crippen LogP contribution is 2.31. The highest BCUT2D eigenvalue weighted by Gasteiger charge is 2.18. The maximum atomic E-state index is 5.99. The summed E-state index contributed by atoms with van der Waals surface area (Å²) >= 11 is 0. The van der Waals surface area contributed by atoms with Crippen LogP contribution in [-0.4, -0.2) is 37.5 Å². The second-order valence-electron chi connectivity index (χ2n) is 7.16. The van der Waals surface area contributed by atoms with Crippen LogP contribution < -0.4 is 11.1 Å². The Bertz CT molecular complexity index is 673. The molecule has 146 valence electrons. The highest BCUT2D eigenvalue weighted by molar-refractivity contribution is 5.93. The summed E-state index contributed by atoms with van der Waals surface area (Å²) in [7, 11) is 2.06. The van der Waals surface area contributed by atoms with E-state index in [1.54, 1.807) is 6.20 Å². The first-order chi connectivity index (χ1) is 13.1. The van der Waals surface area contributed by atoms with Crippen LogP contribution in [0.3, 0.4) is 0 Å². The van der Waals surface area contributed by atoms with E-state index in [0.29, 0.717) is 11.7 Å². The van der Waals surface area contributed by atoms with E-state index in [2.05, 4.69) is 64.5 Å². The minimum Gasteiger partial charge on any atom is -0.384 e. The Morgan fingerprint density at radius 3 is 2.85 bits per heavy atom. The Balaban J connectivity index is 1.73. The molecule has 0 aromatic carbocycles. The van der Waals surface area contributed by atoms with Crippen molar-refractivity contribution in [2.75, 3.05) is 20.1 Å². The molecular weight excluding hydrogens is 334 g/mol. The maximum absolute atomic E-state index is 5.99. The van der Waals surface area contributed by atoms with E-state index in [0.717, 1.165) is 30.9 Å². The molecule has 1 fully saturated rings. The Morgan fingerprint density at radius 2 is 2.19 bits per heavy atom. The molecule has 0 saturated heterocycles. The number of nitrogens with one attached hydrogen (secondary N) is 1. The molecular formula is C22H33N5. The van der Waals surface area contributed by atoms with Gasteiger partial charge in [-0.3, -0.25) is 9.98 Å². The van der Waals surface area contributed by atoms with Crippen LogP contribution in [0.15, 0.2) is 69.9 Å². The van der Waals surface area contributed by atoms with Crippen molar-refractivity contribution >= 4 is 12.4 Å². The van der Waals surface area contributed by atoms with E-state index in [-0.39, 0.29) is 0 Å². The standard InChI is InChI=1S/C22H33N5/c1-18(12-13-19-8-4-5-9-19)26-16-22(23)25-14-15-27(3)17-21(24-2)20-10-6-7-11-20/h4-5,8,12-13,16-17,20,25H,2,6-7,9-11,14-15,23H2,1,3H3/b13-12+,21-17-,22-16-,26-18-. The molecule has 2 aliphatic rings. The topological polar surface area (TPSA) is 66.0 Å². The van der Waals surface area contributed by atoms with Gasteiger partial charge < -0.3 is 16.0 Å². The van der Waals surface area contributed by atoms with Gasteiger partial charge in [0.1, 0.15) is 5.82 Å². The molecule has 0 aliphatic heterocycles. The van der Waals surface area contributed by atoms with Crippen molar-refractivity contribution in [3.8, 4) is 0 Å². The van der Waals surface area contributed by atoms with Gasteiger partial charge in [0, 0.05) is 38.0 Å². The van der Waals surface area contributed by atoms with Gasteiger partial charge in [-0.2, -0.15) is 0 Å². The van der Waals surface area contributed by atoms with E-state index in [4.69, 9.17) is 5.73 Å². The summed E-state index contributed by atoms with van der Waals surface area (Å²) in [4.78, 5) is 10.8. The lowest BCUT2D eigenvalue weighted by atomic mass is 10.1. The van der Waals surface area contributed by atoms with Crippen LogP contribution in [0.5, 0.6) is 0 Å². The summed E-state index contributed by atoms with van der Waals surface area (Å²) in [5.41, 5.74) is 9.31. The fourth-order valence-corrected chi connectivity index (χ4v) is 3.24. The zero-order valence-corrected chi connectivity index (χ0v) is 16.7. The zero-order chi connectivity index (χ0) is 19.5. The van der Waals surface area contributed by atoms with Crippen LogP contribution in [0.25, 0.3) is 0 Å². The van der Waals surface area contributed by atoms with Gasteiger partial charge in [0.2, 0.25) is 0 Å². The Labute approximate surface area is 163 Å². The normalized spacial score (nSPS) is 19.0. The van der Waals surface area contributed by atoms with Crippen LogP contribution >= 0.6 is 0 Å². The molecule has 5 nitrogen and oxygen atoms in total. The molecule has 1 saturated carbocycles. The lowest BCUT2D eigenvalue weighted by molar-refractivity contribution is 0.439. The van der Waals surface area contributed by atoms with Gasteiger partial charge >= 0.3 is 0 Å². The summed E-state index contributed by atoms with van der Waals surface area (Å²) in [6.07, 6.45) is 20.3. The molecule has 27 heavy (non-hydrogen) atoms. The average molecular weight is 368 g/mol. The second kappa shape index (κ2) is 11.2. The molecule has 2 rings (SSSR count). The number of likely N-dealkylation sites (N-methyl/N-ethyl adjacent to an activating group) is 1. The molecule has 0 atom stereocenters. The van der Waals surface area contributed by atoms with Crippen molar-refractivity contribution in [1.82, 2.24) is 10.2 Å². The van der Waals surface area contributed by atoms with Crippen molar-refractivity contribution in [1.29, 1.82) is 0 Å². The number of rotatable bonds is 10. The smallest absolute Gasteiger partial charge is 0.115 e. The van der Waals surface area contributed by atoms with Crippen molar-refractivity contribution in [3.63, 3.8) is 0 Å². The third-order valence-corrected chi connectivity index (χ3v) is 4.85. The summed E-state index contributed by atoms with van der Waals surface area (Å²) < 4.78 is 0. The number of nitrogens with zero attached hydrogens (tertiary/aromatic N) is 3. The van der Waals surface area contributed by atoms with E-state index < -0.39 is 0 Å². The van der Waals surface area contributed by atoms with Gasteiger partial charge in [-0.05, 0) is 44.6 Å². The predicted molar refractivity (Wildman–Crippen MR) is 117 cm³/mol. The Morgan fingerprint density at radius 1 is 1.41 bits per heavy atom. The summed E-state index contributed by atoms with van der Waals surface area (Å²) in [6.45, 7) is 7.28. The number of hydrogen-bond acceptors (Lipinski definition) is 5. The molecule has 0 spiro atoms. The van der Waals surface area contributed by atoms with E-state index in [1.807, 2.05) is 13.0 Å². The number of hydrogen-bond donors (Lipinski definition) is 2. The van der Waals surface area contributed by atoms with Gasteiger partial charge in [0.25, 0.3) is 0 Å². The largest absolute Gasteiger partial charge is 0.384 e. The average Bonchev–Trinajstić information content (AvgIpc) is 3.36. The molecule has 0 aromatic rings. The van der Waals surface area contributed by atoms with Gasteiger partial charge in [0.15, 0.2) is 0 Å². The molecule has 0 heterocycles. The first kappa shape index (κ1) is 20.7. The Hall–Kier alpha value is -2.56. The van der Waals surface area contributed by atoms with Crippen molar-refractivity contribution in [2.45, 2.75) is 39.0 Å². The zero-order valence-electron chi connectivity index (χ0n) is 16.7. The molecule has 5 heteroatoms. The minimum atomic E-state index is 0.569. The van der Waals surface area contributed by atoms with Crippen LogP contribution in [0.1, 0.15) is 39.0 Å². The number of allylic oxidation sites excluding steroid dienone is 7. The quantitative estimate of drug-likeness (QED) is 0.576. The highest BCUT2D eigenvalue weighted by atomic mass is 15.1. The molecule has 0 radical (unpaired) electrons. The van der Waals surface area contributed by atoms with Crippen LogP contribution in [0, 0.1) is 5.92 Å². The number of nitrogens with two attached hydrogens (primary N) is 1. The SMILES string of the molecule is C=N/C(=C\N(C)CCN\C(N)=C/N=C(C)\C=C\C1=CC=CC1)C1CCCC1. The molecule has 0 aromatic heterocycles. The fourth-order valence-electron chi connectivity index (χ4n) is 3.24. The third-order valence-electron chi connectivity index (χ3n) is 4.85.